The van der Waals surface area contributed by atoms with E-state index in [4.69, 9.17) is 4.74 Å². The molecule has 0 heterocycles. The van der Waals surface area contributed by atoms with E-state index in [1.165, 1.54) is 45.6 Å². The van der Waals surface area contributed by atoms with E-state index in [9.17, 15) is 9.59 Å². The predicted molar refractivity (Wildman–Crippen MR) is 144 cm³/mol. The van der Waals surface area contributed by atoms with Gasteiger partial charge in [-0.15, -0.1) is 0 Å². The van der Waals surface area contributed by atoms with Gasteiger partial charge in [0.25, 0.3) is 0 Å². The summed E-state index contributed by atoms with van der Waals surface area (Å²) in [7, 11) is 1.44. The number of ether oxygens (including phenoxy) is 1. The minimum absolute atomic E-state index is 0.00684. The van der Waals surface area contributed by atoms with E-state index in [2.05, 4.69) is 0 Å². The van der Waals surface area contributed by atoms with Gasteiger partial charge in [0.2, 0.25) is 0 Å². The number of hydrogen-bond donors (Lipinski definition) is 0. The molecule has 5 rings (SSSR count). The van der Waals surface area contributed by atoms with Crippen LogP contribution in [0.15, 0.2) is 48.5 Å². The van der Waals surface area contributed by atoms with Crippen molar-refractivity contribution in [2.45, 2.75) is 77.0 Å². The number of benzene rings is 2. The summed E-state index contributed by atoms with van der Waals surface area (Å²) in [6.07, 6.45) is 10.7. The van der Waals surface area contributed by atoms with Crippen molar-refractivity contribution >= 4 is 11.8 Å². The number of methoxy groups -OCH3 is 1. The number of esters is 1. The Morgan fingerprint density at radius 3 is 2.46 bits per heavy atom. The Morgan fingerprint density at radius 2 is 1.73 bits per heavy atom. The highest BCUT2D eigenvalue weighted by atomic mass is 19.1. The van der Waals surface area contributed by atoms with Crippen molar-refractivity contribution in [2.75, 3.05) is 7.11 Å². The Bertz CT molecular complexity index is 1090. The van der Waals surface area contributed by atoms with Crippen molar-refractivity contribution < 1.29 is 18.7 Å². The molecule has 198 valence electrons. The van der Waals surface area contributed by atoms with Gasteiger partial charge < -0.3 is 4.74 Å². The second kappa shape index (κ2) is 11.5. The maximum atomic E-state index is 15.2. The molecule has 3 aliphatic carbocycles. The molecule has 0 saturated heterocycles. The molecular formula is C33H41FO3. The Hall–Kier alpha value is -2.49. The van der Waals surface area contributed by atoms with Gasteiger partial charge in [-0.2, -0.15) is 0 Å². The lowest BCUT2D eigenvalue weighted by Gasteiger charge is -2.55. The Labute approximate surface area is 221 Å². The average Bonchev–Trinajstić information content (AvgIpc) is 2.93. The van der Waals surface area contributed by atoms with Crippen LogP contribution in [0.1, 0.15) is 82.6 Å². The third-order valence-electron chi connectivity index (χ3n) is 9.98. The monoisotopic (exact) mass is 504 g/mol. The summed E-state index contributed by atoms with van der Waals surface area (Å²) >= 11 is 0. The van der Waals surface area contributed by atoms with Crippen LogP contribution in [0.5, 0.6) is 0 Å². The van der Waals surface area contributed by atoms with Crippen LogP contribution in [0, 0.1) is 41.3 Å². The highest BCUT2D eigenvalue weighted by Gasteiger charge is 2.51. The standard InChI is InChI=1S/C33H41FO3/c1-21(24-17-18-26(30(34)20-24)22-9-4-3-5-10-22)33(36)29-19-25-13-6-11-23-12-7-15-28(32(23)25)27(29)14-8-16-31(35)37-2/h3-5,9-10,17-18,20-21,23,25,27-29,32H,6-8,11-16,19H2,1-2H3/t21?,23?,25-,27-,28-,29?,32+/m1/s1. The zero-order valence-corrected chi connectivity index (χ0v) is 22.3. The van der Waals surface area contributed by atoms with Crippen LogP contribution >= 0.6 is 0 Å². The number of hydrogen-bond acceptors (Lipinski definition) is 3. The summed E-state index contributed by atoms with van der Waals surface area (Å²) in [5.41, 5.74) is 2.18. The fraction of sp³-hybridized carbons (Fsp3) is 0.576. The first-order valence-electron chi connectivity index (χ1n) is 14.4. The lowest BCUT2D eigenvalue weighted by atomic mass is 9.49. The van der Waals surface area contributed by atoms with E-state index in [0.717, 1.165) is 42.2 Å². The van der Waals surface area contributed by atoms with Crippen LogP contribution in [0.4, 0.5) is 4.39 Å². The highest BCUT2D eigenvalue weighted by Crippen LogP contribution is 2.57. The third-order valence-corrected chi connectivity index (χ3v) is 9.98. The van der Waals surface area contributed by atoms with Crippen molar-refractivity contribution in [1.82, 2.24) is 0 Å². The topological polar surface area (TPSA) is 43.4 Å². The fourth-order valence-corrected chi connectivity index (χ4v) is 8.29. The van der Waals surface area contributed by atoms with Gasteiger partial charge in [0, 0.05) is 23.8 Å². The minimum Gasteiger partial charge on any atom is -0.469 e. The second-order valence-electron chi connectivity index (χ2n) is 11.8. The van der Waals surface area contributed by atoms with Gasteiger partial charge in [0.15, 0.2) is 0 Å². The van der Waals surface area contributed by atoms with E-state index >= 15 is 4.39 Å². The van der Waals surface area contributed by atoms with Gasteiger partial charge in [-0.05, 0) is 72.5 Å². The minimum atomic E-state index is -0.341. The average molecular weight is 505 g/mol. The summed E-state index contributed by atoms with van der Waals surface area (Å²) in [5, 5.41) is 0. The second-order valence-corrected chi connectivity index (χ2v) is 11.8. The molecular weight excluding hydrogens is 463 g/mol. The zero-order valence-electron chi connectivity index (χ0n) is 22.3. The molecule has 0 aromatic heterocycles. The van der Waals surface area contributed by atoms with Crippen LogP contribution in [0.2, 0.25) is 0 Å². The highest BCUT2D eigenvalue weighted by molar-refractivity contribution is 5.88. The molecule has 2 aromatic carbocycles. The molecule has 0 bridgehead atoms. The summed E-state index contributed by atoms with van der Waals surface area (Å²) in [4.78, 5) is 26.0. The van der Waals surface area contributed by atoms with Gasteiger partial charge in [-0.25, -0.2) is 4.39 Å². The quantitative estimate of drug-likeness (QED) is 0.342. The van der Waals surface area contributed by atoms with Crippen LogP contribution in [-0.4, -0.2) is 18.9 Å². The SMILES string of the molecule is COC(=O)CCC[C@H]1C(C(=O)C(C)c2ccc(-c3ccccc3)c(F)c2)C[C@H]2CCCC3CCC[C@H]1[C@@H]32. The molecule has 3 saturated carbocycles. The molecule has 0 amide bonds. The normalized spacial score (nSPS) is 29.7. The first-order valence-corrected chi connectivity index (χ1v) is 14.4. The summed E-state index contributed by atoms with van der Waals surface area (Å²) in [6, 6.07) is 14.9. The van der Waals surface area contributed by atoms with Gasteiger partial charge in [-0.3, -0.25) is 9.59 Å². The number of carbonyl (C=O) groups excluding carboxylic acids is 2. The lowest BCUT2D eigenvalue weighted by Crippen LogP contribution is -2.49. The van der Waals surface area contributed by atoms with E-state index in [1.54, 1.807) is 6.07 Å². The molecule has 0 spiro atoms. The van der Waals surface area contributed by atoms with Crippen molar-refractivity contribution in [3.8, 4) is 11.1 Å². The van der Waals surface area contributed by atoms with Crippen molar-refractivity contribution in [2.24, 2.45) is 35.5 Å². The van der Waals surface area contributed by atoms with Crippen LogP contribution in [0.25, 0.3) is 11.1 Å². The van der Waals surface area contributed by atoms with Crippen molar-refractivity contribution in [1.29, 1.82) is 0 Å². The molecule has 0 aliphatic heterocycles. The third kappa shape index (κ3) is 5.40. The smallest absolute Gasteiger partial charge is 0.305 e. The van der Waals surface area contributed by atoms with Gasteiger partial charge in [0.05, 0.1) is 7.11 Å². The molecule has 0 N–H and O–H groups in total. The number of ketones is 1. The molecule has 3 fully saturated rings. The first-order chi connectivity index (χ1) is 18.0. The Balaban J connectivity index is 1.39. The van der Waals surface area contributed by atoms with Crippen LogP contribution in [0.3, 0.4) is 0 Å². The maximum absolute atomic E-state index is 15.2. The molecule has 3 nitrogen and oxygen atoms in total. The maximum Gasteiger partial charge on any atom is 0.305 e. The lowest BCUT2D eigenvalue weighted by molar-refractivity contribution is -0.141. The van der Waals surface area contributed by atoms with Crippen molar-refractivity contribution in [3.63, 3.8) is 0 Å². The number of halogens is 1. The summed E-state index contributed by atoms with van der Waals surface area (Å²) in [5.74, 6) is 2.56. The number of rotatable bonds is 8. The molecule has 4 heteroatoms. The molecule has 0 radical (unpaired) electrons. The summed E-state index contributed by atoms with van der Waals surface area (Å²) in [6.45, 7) is 1.96. The van der Waals surface area contributed by atoms with Crippen LogP contribution < -0.4 is 0 Å². The first kappa shape index (κ1) is 26.1. The Kier molecular flexibility index (Phi) is 8.12. The van der Waals surface area contributed by atoms with E-state index in [-0.39, 0.29) is 29.4 Å². The van der Waals surface area contributed by atoms with Gasteiger partial charge >= 0.3 is 5.97 Å². The molecule has 3 aliphatic rings. The molecule has 7 atom stereocenters. The van der Waals surface area contributed by atoms with Gasteiger partial charge in [-0.1, -0.05) is 81.5 Å². The summed E-state index contributed by atoms with van der Waals surface area (Å²) < 4.78 is 20.1. The van der Waals surface area contributed by atoms with E-state index in [0.29, 0.717) is 29.7 Å². The molecule has 37 heavy (non-hydrogen) atoms. The van der Waals surface area contributed by atoms with Crippen LogP contribution in [-0.2, 0) is 14.3 Å². The number of carbonyl (C=O) groups is 2. The van der Waals surface area contributed by atoms with E-state index < -0.39 is 0 Å². The largest absolute Gasteiger partial charge is 0.469 e. The van der Waals surface area contributed by atoms with E-state index in [1.807, 2.05) is 49.4 Å². The predicted octanol–water partition coefficient (Wildman–Crippen LogP) is 7.98. The zero-order chi connectivity index (χ0) is 25.9. The Morgan fingerprint density at radius 1 is 1.00 bits per heavy atom. The fourth-order valence-electron chi connectivity index (χ4n) is 8.29. The van der Waals surface area contributed by atoms with Crippen molar-refractivity contribution in [3.05, 3.63) is 59.9 Å². The molecule has 3 unspecified atom stereocenters. The number of Topliss-reactive ketones (excluding diaryl/α,β-unsaturated/α-hetero) is 1. The van der Waals surface area contributed by atoms with Gasteiger partial charge in [0.1, 0.15) is 11.6 Å². The molecule has 2 aromatic rings.